The van der Waals surface area contributed by atoms with Crippen molar-refractivity contribution in [2.24, 2.45) is 0 Å². The predicted octanol–water partition coefficient (Wildman–Crippen LogP) is 3.22. The number of alkyl halides is 5. The molecule has 0 bridgehead atoms. The van der Waals surface area contributed by atoms with Gasteiger partial charge in [0.05, 0.1) is 11.4 Å². The van der Waals surface area contributed by atoms with Gasteiger partial charge in [-0.3, -0.25) is 0 Å². The van der Waals surface area contributed by atoms with Gasteiger partial charge < -0.3 is 16.2 Å². The Hall–Kier alpha value is -1.51. The summed E-state index contributed by atoms with van der Waals surface area (Å²) >= 11 is 5.35. The zero-order valence-corrected chi connectivity index (χ0v) is 9.75. The quantitative estimate of drug-likeness (QED) is 0.666. The number of anilines is 2. The highest BCUT2D eigenvalue weighted by atomic mass is 35.5. The molecule has 0 spiro atoms. The minimum atomic E-state index is -5.82. The van der Waals surface area contributed by atoms with Crippen molar-refractivity contribution < 1.29 is 31.1 Å². The van der Waals surface area contributed by atoms with E-state index in [0.717, 1.165) is 6.07 Å². The zero-order chi connectivity index (χ0) is 15.0. The van der Waals surface area contributed by atoms with E-state index in [0.29, 0.717) is 0 Å². The molecule has 1 aromatic rings. The van der Waals surface area contributed by atoms with Gasteiger partial charge in [-0.2, -0.15) is 22.0 Å². The molecule has 1 rings (SSSR count). The SMILES string of the molecule is Nc1cc(N)c(OCC(F)(F)C(F)(F)F)c(F)c1Cl. The van der Waals surface area contributed by atoms with Crippen molar-refractivity contribution in [1.82, 2.24) is 0 Å². The summed E-state index contributed by atoms with van der Waals surface area (Å²) in [4.78, 5) is 0. The van der Waals surface area contributed by atoms with Crippen molar-refractivity contribution in [3.63, 3.8) is 0 Å². The van der Waals surface area contributed by atoms with E-state index < -0.39 is 41.0 Å². The molecule has 10 heteroatoms. The van der Waals surface area contributed by atoms with Gasteiger partial charge in [-0.1, -0.05) is 11.6 Å². The van der Waals surface area contributed by atoms with Gasteiger partial charge in [0.25, 0.3) is 0 Å². The fourth-order valence-corrected chi connectivity index (χ4v) is 1.18. The average Bonchev–Trinajstić information content (AvgIpc) is 2.24. The summed E-state index contributed by atoms with van der Waals surface area (Å²) in [5, 5.41) is -0.681. The number of hydrogen-bond donors (Lipinski definition) is 2. The Bertz CT molecular complexity index is 491. The van der Waals surface area contributed by atoms with Gasteiger partial charge in [-0.25, -0.2) is 4.39 Å². The van der Waals surface area contributed by atoms with Gasteiger partial charge in [0.2, 0.25) is 0 Å². The number of halogens is 7. The second-order valence-corrected chi connectivity index (χ2v) is 3.88. The molecule has 3 nitrogen and oxygen atoms in total. The van der Waals surface area contributed by atoms with Gasteiger partial charge >= 0.3 is 12.1 Å². The van der Waals surface area contributed by atoms with Crippen LogP contribution in [0.15, 0.2) is 6.07 Å². The van der Waals surface area contributed by atoms with E-state index >= 15 is 0 Å². The fraction of sp³-hybridized carbons (Fsp3) is 0.333. The third-order valence-corrected chi connectivity index (χ3v) is 2.42. The van der Waals surface area contributed by atoms with Crippen molar-refractivity contribution in [1.29, 1.82) is 0 Å². The molecule has 19 heavy (non-hydrogen) atoms. The van der Waals surface area contributed by atoms with Crippen molar-refractivity contribution in [3.8, 4) is 5.75 Å². The summed E-state index contributed by atoms with van der Waals surface area (Å²) < 4.78 is 78.4. The number of ether oxygens (including phenoxy) is 1. The summed E-state index contributed by atoms with van der Waals surface area (Å²) in [5.41, 5.74) is 9.56. The largest absolute Gasteiger partial charge is 0.482 e. The monoisotopic (exact) mass is 308 g/mol. The minimum Gasteiger partial charge on any atom is -0.482 e. The number of hydrogen-bond acceptors (Lipinski definition) is 3. The summed E-state index contributed by atoms with van der Waals surface area (Å²) in [7, 11) is 0. The second kappa shape index (κ2) is 4.87. The van der Waals surface area contributed by atoms with E-state index in [2.05, 4.69) is 4.74 Å². The van der Waals surface area contributed by atoms with E-state index in [4.69, 9.17) is 23.1 Å². The van der Waals surface area contributed by atoms with Crippen LogP contribution in [-0.4, -0.2) is 18.7 Å². The average molecular weight is 309 g/mol. The second-order valence-electron chi connectivity index (χ2n) is 3.50. The van der Waals surface area contributed by atoms with Crippen molar-refractivity contribution in [3.05, 3.63) is 16.9 Å². The first kappa shape index (κ1) is 15.5. The molecule has 0 saturated heterocycles. The highest BCUT2D eigenvalue weighted by molar-refractivity contribution is 6.33. The van der Waals surface area contributed by atoms with E-state index in [-0.39, 0.29) is 5.69 Å². The van der Waals surface area contributed by atoms with Crippen LogP contribution >= 0.6 is 11.6 Å². The van der Waals surface area contributed by atoms with Crippen LogP contribution in [0.25, 0.3) is 0 Å². The Morgan fingerprint density at radius 2 is 1.63 bits per heavy atom. The van der Waals surface area contributed by atoms with Crippen LogP contribution < -0.4 is 16.2 Å². The zero-order valence-electron chi connectivity index (χ0n) is 8.99. The predicted molar refractivity (Wildman–Crippen MR) is 56.7 cm³/mol. The van der Waals surface area contributed by atoms with E-state index in [1.165, 1.54) is 0 Å². The number of rotatable bonds is 3. The van der Waals surface area contributed by atoms with Gasteiger partial charge in [0, 0.05) is 0 Å². The van der Waals surface area contributed by atoms with Crippen LogP contribution in [0.2, 0.25) is 5.02 Å². The smallest absolute Gasteiger partial charge is 0.456 e. The van der Waals surface area contributed by atoms with Gasteiger partial charge in [-0.05, 0) is 6.07 Å². The molecule has 0 atom stereocenters. The molecule has 0 radical (unpaired) electrons. The summed E-state index contributed by atoms with van der Waals surface area (Å²) in [6.45, 7) is -2.13. The molecular weight excluding hydrogens is 302 g/mol. The first-order valence-electron chi connectivity index (χ1n) is 4.57. The summed E-state index contributed by atoms with van der Waals surface area (Å²) in [6, 6.07) is 0.881. The lowest BCUT2D eigenvalue weighted by Crippen LogP contribution is -2.42. The molecular formula is C9H7ClF6N2O. The molecule has 0 aromatic heterocycles. The molecule has 4 N–H and O–H groups in total. The van der Waals surface area contributed by atoms with E-state index in [1.54, 1.807) is 0 Å². The first-order valence-corrected chi connectivity index (χ1v) is 4.95. The molecule has 0 aliphatic rings. The standard InChI is InChI=1S/C9H7ClF6N2O/c10-5-3(17)1-4(18)7(6(5)11)19-2-8(12,13)9(14,15)16/h1H,2,17-18H2. The fourth-order valence-electron chi connectivity index (χ4n) is 1.04. The van der Waals surface area contributed by atoms with Gasteiger partial charge in [0.1, 0.15) is 5.02 Å². The summed E-state index contributed by atoms with van der Waals surface area (Å²) in [5.74, 6) is -7.57. The van der Waals surface area contributed by atoms with Crippen LogP contribution in [-0.2, 0) is 0 Å². The third-order valence-electron chi connectivity index (χ3n) is 2.03. The van der Waals surface area contributed by atoms with Crippen LogP contribution in [0, 0.1) is 5.82 Å². The number of nitrogen functional groups attached to an aromatic ring is 2. The Labute approximate surface area is 108 Å². The van der Waals surface area contributed by atoms with Crippen molar-refractivity contribution in [2.75, 3.05) is 18.1 Å². The van der Waals surface area contributed by atoms with Gasteiger partial charge in [-0.15, -0.1) is 0 Å². The van der Waals surface area contributed by atoms with E-state index in [9.17, 15) is 26.3 Å². The molecule has 0 unspecified atom stereocenters. The first-order chi connectivity index (χ1) is 8.47. The van der Waals surface area contributed by atoms with Crippen LogP contribution in [0.1, 0.15) is 0 Å². The topological polar surface area (TPSA) is 61.3 Å². The normalized spacial score (nSPS) is 12.6. The lowest BCUT2D eigenvalue weighted by Gasteiger charge is -2.20. The van der Waals surface area contributed by atoms with Crippen LogP contribution in [0.3, 0.4) is 0 Å². The number of benzene rings is 1. The molecule has 0 saturated carbocycles. The molecule has 0 fully saturated rings. The lowest BCUT2D eigenvalue weighted by atomic mass is 10.2. The van der Waals surface area contributed by atoms with Crippen molar-refractivity contribution in [2.45, 2.75) is 12.1 Å². The Morgan fingerprint density at radius 1 is 1.11 bits per heavy atom. The van der Waals surface area contributed by atoms with Crippen LogP contribution in [0.5, 0.6) is 5.75 Å². The maximum atomic E-state index is 13.5. The Morgan fingerprint density at radius 3 is 2.11 bits per heavy atom. The molecule has 0 heterocycles. The molecule has 108 valence electrons. The lowest BCUT2D eigenvalue weighted by molar-refractivity contribution is -0.290. The Kier molecular flexibility index (Phi) is 3.99. The number of nitrogens with two attached hydrogens (primary N) is 2. The Balaban J connectivity index is 3.00. The summed E-state index contributed by atoms with van der Waals surface area (Å²) in [6.07, 6.45) is -5.82. The van der Waals surface area contributed by atoms with Crippen LogP contribution in [0.4, 0.5) is 37.7 Å². The highest BCUT2D eigenvalue weighted by Gasteiger charge is 2.58. The molecule has 0 amide bonds. The van der Waals surface area contributed by atoms with Crippen molar-refractivity contribution >= 4 is 23.0 Å². The third kappa shape index (κ3) is 3.09. The molecule has 0 aliphatic carbocycles. The van der Waals surface area contributed by atoms with E-state index in [1.807, 2.05) is 0 Å². The highest BCUT2D eigenvalue weighted by Crippen LogP contribution is 2.39. The maximum Gasteiger partial charge on any atom is 0.456 e. The van der Waals surface area contributed by atoms with Gasteiger partial charge in [0.15, 0.2) is 18.2 Å². The minimum absolute atomic E-state index is 0.299. The molecule has 1 aromatic carbocycles. The molecule has 0 aliphatic heterocycles. The maximum absolute atomic E-state index is 13.5.